The first-order valence-corrected chi connectivity index (χ1v) is 4.89. The van der Waals surface area contributed by atoms with Crippen LogP contribution in [-0.2, 0) is 12.3 Å². The third-order valence-electron chi connectivity index (χ3n) is 1.40. The van der Waals surface area contributed by atoms with Crippen LogP contribution in [0.4, 0.5) is 0 Å². The van der Waals surface area contributed by atoms with Gasteiger partial charge in [0.05, 0.1) is 5.69 Å². The minimum Gasteiger partial charge on any atom is -0.325 e. The third kappa shape index (κ3) is 2.52. The van der Waals surface area contributed by atoms with Crippen LogP contribution in [0.1, 0.15) is 11.3 Å². The highest BCUT2D eigenvalue weighted by Crippen LogP contribution is 2.08. The van der Waals surface area contributed by atoms with Crippen molar-refractivity contribution in [3.05, 3.63) is 29.6 Å². The van der Waals surface area contributed by atoms with Crippen molar-refractivity contribution in [2.75, 3.05) is 6.26 Å². The summed E-state index contributed by atoms with van der Waals surface area (Å²) in [5.41, 5.74) is 7.71. The van der Waals surface area contributed by atoms with Crippen molar-refractivity contribution in [3.63, 3.8) is 0 Å². The standard InChI is InChI=1S/C8H12N2S/c1-11-6-7-2-3-10-8(4-7)5-9/h2-4H,5-6,9H2,1H3. The van der Waals surface area contributed by atoms with Gasteiger partial charge in [0.25, 0.3) is 0 Å². The molecule has 2 nitrogen and oxygen atoms in total. The number of nitrogens with zero attached hydrogens (tertiary/aromatic N) is 1. The van der Waals surface area contributed by atoms with Gasteiger partial charge in [0.1, 0.15) is 0 Å². The van der Waals surface area contributed by atoms with Crippen molar-refractivity contribution in [3.8, 4) is 0 Å². The highest BCUT2D eigenvalue weighted by Gasteiger charge is 1.93. The lowest BCUT2D eigenvalue weighted by Crippen LogP contribution is -1.99. The Labute approximate surface area is 71.2 Å². The van der Waals surface area contributed by atoms with E-state index < -0.39 is 0 Å². The van der Waals surface area contributed by atoms with E-state index in [4.69, 9.17) is 5.73 Å². The van der Waals surface area contributed by atoms with Crippen LogP contribution in [-0.4, -0.2) is 11.2 Å². The average Bonchev–Trinajstić information content (AvgIpc) is 2.06. The largest absolute Gasteiger partial charge is 0.325 e. The second-order valence-corrected chi connectivity index (χ2v) is 3.16. The maximum atomic E-state index is 5.45. The molecule has 0 unspecified atom stereocenters. The molecule has 1 heterocycles. The first kappa shape index (κ1) is 8.56. The molecule has 2 N–H and O–H groups in total. The van der Waals surface area contributed by atoms with Crippen molar-refractivity contribution < 1.29 is 0 Å². The molecule has 0 aliphatic carbocycles. The zero-order valence-corrected chi connectivity index (χ0v) is 7.40. The van der Waals surface area contributed by atoms with Crippen LogP contribution in [0.2, 0.25) is 0 Å². The van der Waals surface area contributed by atoms with E-state index in [0.29, 0.717) is 6.54 Å². The van der Waals surface area contributed by atoms with Crippen molar-refractivity contribution in [2.24, 2.45) is 5.73 Å². The Morgan fingerprint density at radius 2 is 2.45 bits per heavy atom. The highest BCUT2D eigenvalue weighted by atomic mass is 32.2. The second-order valence-electron chi connectivity index (χ2n) is 2.29. The number of aromatic nitrogens is 1. The topological polar surface area (TPSA) is 38.9 Å². The second kappa shape index (κ2) is 4.36. The molecule has 0 atom stereocenters. The predicted molar refractivity (Wildman–Crippen MR) is 49.3 cm³/mol. The summed E-state index contributed by atoms with van der Waals surface area (Å²) in [6.07, 6.45) is 3.90. The first-order valence-electron chi connectivity index (χ1n) is 3.49. The van der Waals surface area contributed by atoms with E-state index in [0.717, 1.165) is 11.4 Å². The van der Waals surface area contributed by atoms with Gasteiger partial charge in [-0.05, 0) is 24.0 Å². The number of nitrogens with two attached hydrogens (primary N) is 1. The van der Waals surface area contributed by atoms with Gasteiger partial charge in [-0.15, -0.1) is 0 Å². The van der Waals surface area contributed by atoms with Crippen LogP contribution < -0.4 is 5.73 Å². The molecule has 0 amide bonds. The van der Waals surface area contributed by atoms with Gasteiger partial charge in [-0.25, -0.2) is 0 Å². The van der Waals surface area contributed by atoms with Crippen molar-refractivity contribution in [1.29, 1.82) is 0 Å². The molecule has 0 aliphatic rings. The highest BCUT2D eigenvalue weighted by molar-refractivity contribution is 7.97. The molecule has 0 fully saturated rings. The van der Waals surface area contributed by atoms with E-state index in [9.17, 15) is 0 Å². The molecular weight excluding hydrogens is 156 g/mol. The van der Waals surface area contributed by atoms with Crippen LogP contribution in [0.15, 0.2) is 18.3 Å². The van der Waals surface area contributed by atoms with Gasteiger partial charge in [-0.3, -0.25) is 4.98 Å². The van der Waals surface area contributed by atoms with E-state index in [-0.39, 0.29) is 0 Å². The van der Waals surface area contributed by atoms with Gasteiger partial charge in [0, 0.05) is 18.5 Å². The van der Waals surface area contributed by atoms with Crippen LogP contribution >= 0.6 is 11.8 Å². The SMILES string of the molecule is CSCc1ccnc(CN)c1. The Bertz CT molecular complexity index is 225. The minimum absolute atomic E-state index is 0.530. The lowest BCUT2D eigenvalue weighted by Gasteiger charge is -1.99. The van der Waals surface area contributed by atoms with E-state index in [1.807, 2.05) is 12.3 Å². The molecule has 3 heteroatoms. The molecule has 1 aromatic rings. The summed E-state index contributed by atoms with van der Waals surface area (Å²) in [6, 6.07) is 4.08. The van der Waals surface area contributed by atoms with Crippen molar-refractivity contribution >= 4 is 11.8 Å². The third-order valence-corrected chi connectivity index (χ3v) is 2.02. The molecule has 0 aliphatic heterocycles. The average molecular weight is 168 g/mol. The molecule has 0 saturated carbocycles. The molecule has 0 spiro atoms. The van der Waals surface area contributed by atoms with Crippen LogP contribution in [0.3, 0.4) is 0 Å². The number of thioether (sulfide) groups is 1. The Balaban J connectivity index is 2.74. The molecular formula is C8H12N2S. The molecule has 60 valence electrons. The lowest BCUT2D eigenvalue weighted by atomic mass is 10.2. The smallest absolute Gasteiger partial charge is 0.0542 e. The summed E-state index contributed by atoms with van der Waals surface area (Å²) in [4.78, 5) is 4.11. The summed E-state index contributed by atoms with van der Waals surface area (Å²) in [7, 11) is 0. The number of hydrogen-bond donors (Lipinski definition) is 1. The quantitative estimate of drug-likeness (QED) is 0.741. The van der Waals surface area contributed by atoms with E-state index in [1.165, 1.54) is 5.56 Å². The van der Waals surface area contributed by atoms with Gasteiger partial charge in [0.2, 0.25) is 0 Å². The zero-order chi connectivity index (χ0) is 8.10. The number of pyridine rings is 1. The van der Waals surface area contributed by atoms with Crippen LogP contribution in [0.5, 0.6) is 0 Å². The van der Waals surface area contributed by atoms with Gasteiger partial charge in [0.15, 0.2) is 0 Å². The summed E-state index contributed by atoms with van der Waals surface area (Å²) in [5, 5.41) is 0. The molecule has 0 aromatic carbocycles. The van der Waals surface area contributed by atoms with Crippen molar-refractivity contribution in [1.82, 2.24) is 4.98 Å². The molecule has 0 radical (unpaired) electrons. The lowest BCUT2D eigenvalue weighted by molar-refractivity contribution is 0.983. The maximum Gasteiger partial charge on any atom is 0.0542 e. The summed E-state index contributed by atoms with van der Waals surface area (Å²) in [5.74, 6) is 1.04. The minimum atomic E-state index is 0.530. The summed E-state index contributed by atoms with van der Waals surface area (Å²) in [6.45, 7) is 0.530. The summed E-state index contributed by atoms with van der Waals surface area (Å²) < 4.78 is 0. The van der Waals surface area contributed by atoms with Gasteiger partial charge >= 0.3 is 0 Å². The fourth-order valence-corrected chi connectivity index (χ4v) is 1.41. The number of hydrogen-bond acceptors (Lipinski definition) is 3. The zero-order valence-electron chi connectivity index (χ0n) is 6.58. The van der Waals surface area contributed by atoms with E-state index in [2.05, 4.69) is 17.3 Å². The van der Waals surface area contributed by atoms with Crippen molar-refractivity contribution in [2.45, 2.75) is 12.3 Å². The molecule has 1 rings (SSSR count). The maximum absolute atomic E-state index is 5.45. The molecule has 1 aromatic heterocycles. The van der Waals surface area contributed by atoms with E-state index in [1.54, 1.807) is 11.8 Å². The fourth-order valence-electron chi connectivity index (χ4n) is 0.896. The molecule has 11 heavy (non-hydrogen) atoms. The van der Waals surface area contributed by atoms with E-state index >= 15 is 0 Å². The number of rotatable bonds is 3. The fraction of sp³-hybridized carbons (Fsp3) is 0.375. The van der Waals surface area contributed by atoms with Crippen LogP contribution in [0.25, 0.3) is 0 Å². The summed E-state index contributed by atoms with van der Waals surface area (Å²) >= 11 is 1.81. The van der Waals surface area contributed by atoms with Gasteiger partial charge in [-0.2, -0.15) is 11.8 Å². The Kier molecular flexibility index (Phi) is 3.39. The Morgan fingerprint density at radius 3 is 3.09 bits per heavy atom. The normalized spacial score (nSPS) is 10.0. The predicted octanol–water partition coefficient (Wildman–Crippen LogP) is 1.40. The Hall–Kier alpha value is -0.540. The molecule has 0 saturated heterocycles. The van der Waals surface area contributed by atoms with Gasteiger partial charge in [-0.1, -0.05) is 0 Å². The van der Waals surface area contributed by atoms with Crippen LogP contribution in [0, 0.1) is 0 Å². The molecule has 0 bridgehead atoms. The first-order chi connectivity index (χ1) is 5.36. The van der Waals surface area contributed by atoms with Gasteiger partial charge < -0.3 is 5.73 Å². The Morgan fingerprint density at radius 1 is 1.64 bits per heavy atom. The monoisotopic (exact) mass is 168 g/mol.